The molecule has 2 aromatic carbocycles. The second kappa shape index (κ2) is 7.11. The summed E-state index contributed by atoms with van der Waals surface area (Å²) in [5.41, 5.74) is 1.97. The average Bonchev–Trinajstić information content (AvgIpc) is 3.19. The van der Waals surface area contributed by atoms with Crippen molar-refractivity contribution in [2.45, 2.75) is 18.9 Å². The molecule has 1 aromatic heterocycles. The van der Waals surface area contributed by atoms with Crippen molar-refractivity contribution in [3.8, 4) is 11.4 Å². The van der Waals surface area contributed by atoms with Crippen LogP contribution in [0.2, 0.25) is 0 Å². The number of aromatic nitrogens is 2. The third-order valence-corrected chi connectivity index (χ3v) is 5.64. The number of nitrogens with one attached hydrogen (secondary N) is 1. The Kier molecular flexibility index (Phi) is 4.31. The maximum Gasteiger partial charge on any atom is 0.317 e. The smallest absolute Gasteiger partial charge is 0.317 e. The van der Waals surface area contributed by atoms with Crippen LogP contribution in [0.3, 0.4) is 0 Å². The number of carbonyl (C=O) groups is 1. The number of rotatable bonds is 3. The summed E-state index contributed by atoms with van der Waals surface area (Å²) >= 11 is 0. The van der Waals surface area contributed by atoms with Crippen LogP contribution in [0, 0.1) is 0 Å². The van der Waals surface area contributed by atoms with Crippen molar-refractivity contribution in [2.75, 3.05) is 31.1 Å². The Balaban J connectivity index is 1.54. The van der Waals surface area contributed by atoms with Crippen LogP contribution in [0.25, 0.3) is 22.3 Å². The highest BCUT2D eigenvalue weighted by molar-refractivity contribution is 5.91. The van der Waals surface area contributed by atoms with Crippen molar-refractivity contribution in [1.82, 2.24) is 20.2 Å². The van der Waals surface area contributed by atoms with Gasteiger partial charge in [0.25, 0.3) is 0 Å². The summed E-state index contributed by atoms with van der Waals surface area (Å²) in [6.07, 6.45) is 2.09. The van der Waals surface area contributed by atoms with Crippen molar-refractivity contribution in [1.29, 1.82) is 0 Å². The molecule has 3 heterocycles. The van der Waals surface area contributed by atoms with Crippen molar-refractivity contribution < 1.29 is 4.79 Å². The van der Waals surface area contributed by atoms with Gasteiger partial charge in [-0.3, -0.25) is 0 Å². The van der Waals surface area contributed by atoms with Crippen LogP contribution in [0.4, 0.5) is 10.6 Å². The third kappa shape index (κ3) is 3.05. The van der Waals surface area contributed by atoms with Crippen LogP contribution < -0.4 is 10.2 Å². The molecule has 2 saturated heterocycles. The molecule has 0 bridgehead atoms. The molecule has 3 aromatic rings. The summed E-state index contributed by atoms with van der Waals surface area (Å²) in [7, 11) is 0. The van der Waals surface area contributed by atoms with Gasteiger partial charge in [0.1, 0.15) is 5.82 Å². The Labute approximate surface area is 164 Å². The molecule has 0 aliphatic carbocycles. The predicted molar refractivity (Wildman–Crippen MR) is 110 cm³/mol. The zero-order valence-electron chi connectivity index (χ0n) is 15.7. The lowest BCUT2D eigenvalue weighted by Crippen LogP contribution is -2.49. The second-order valence-electron chi connectivity index (χ2n) is 7.42. The van der Waals surface area contributed by atoms with E-state index in [9.17, 15) is 4.79 Å². The number of piperidine rings is 1. The molecule has 2 aliphatic rings. The lowest BCUT2D eigenvalue weighted by molar-refractivity contribution is 0.189. The van der Waals surface area contributed by atoms with Gasteiger partial charge in [-0.2, -0.15) is 0 Å². The molecule has 5 rings (SSSR count). The summed E-state index contributed by atoms with van der Waals surface area (Å²) < 4.78 is 0. The summed E-state index contributed by atoms with van der Waals surface area (Å²) in [5, 5.41) is 3.99. The van der Waals surface area contributed by atoms with Gasteiger partial charge in [0.15, 0.2) is 5.82 Å². The minimum absolute atomic E-state index is 0.0596. The first-order valence-corrected chi connectivity index (χ1v) is 9.91. The fourth-order valence-electron chi connectivity index (χ4n) is 4.25. The normalized spacial score (nSPS) is 19.9. The third-order valence-electron chi connectivity index (χ3n) is 5.64. The van der Waals surface area contributed by atoms with Gasteiger partial charge in [-0.25, -0.2) is 14.8 Å². The number of nitrogens with zero attached hydrogens (tertiary/aromatic N) is 4. The molecule has 1 unspecified atom stereocenters. The Bertz CT molecular complexity index is 1010. The average molecular weight is 373 g/mol. The molecule has 28 heavy (non-hydrogen) atoms. The molecule has 0 radical (unpaired) electrons. The fourth-order valence-corrected chi connectivity index (χ4v) is 4.25. The van der Waals surface area contributed by atoms with Crippen LogP contribution in [0.5, 0.6) is 0 Å². The molecule has 6 heteroatoms. The highest BCUT2D eigenvalue weighted by Crippen LogP contribution is 2.30. The monoisotopic (exact) mass is 373 g/mol. The van der Waals surface area contributed by atoms with E-state index in [2.05, 4.69) is 16.3 Å². The zero-order chi connectivity index (χ0) is 18.9. The summed E-state index contributed by atoms with van der Waals surface area (Å²) in [6, 6.07) is 18.6. The summed E-state index contributed by atoms with van der Waals surface area (Å²) in [5.74, 6) is 1.71. The predicted octanol–water partition coefficient (Wildman–Crippen LogP) is 3.29. The maximum atomic E-state index is 12.1. The molecule has 142 valence electrons. The molecule has 0 spiro atoms. The number of benzene rings is 2. The molecule has 1 N–H and O–H groups in total. The standard InChI is InChI=1S/C22H23N5O/c28-22-23-12-14-27(22)17-9-6-13-26(15-17)21-18-10-4-5-11-19(18)24-20(25-21)16-7-2-1-3-8-16/h1-5,7-8,10-11,17H,6,9,12-15H2,(H,23,28). The Morgan fingerprint density at radius 2 is 1.79 bits per heavy atom. The molecular formula is C22H23N5O. The van der Waals surface area contributed by atoms with Crippen molar-refractivity contribution in [2.24, 2.45) is 0 Å². The molecule has 6 nitrogen and oxygen atoms in total. The van der Waals surface area contributed by atoms with Crippen molar-refractivity contribution in [3.63, 3.8) is 0 Å². The lowest BCUT2D eigenvalue weighted by Gasteiger charge is -2.38. The number of hydrogen-bond donors (Lipinski definition) is 1. The summed E-state index contributed by atoms with van der Waals surface area (Å²) in [4.78, 5) is 26.2. The van der Waals surface area contributed by atoms with E-state index in [0.717, 1.165) is 67.1 Å². The van der Waals surface area contributed by atoms with E-state index in [4.69, 9.17) is 9.97 Å². The first kappa shape index (κ1) is 17.0. The molecule has 2 fully saturated rings. The fraction of sp³-hybridized carbons (Fsp3) is 0.318. The van der Waals surface area contributed by atoms with Crippen LogP contribution in [-0.4, -0.2) is 53.1 Å². The number of hydrogen-bond acceptors (Lipinski definition) is 4. The number of para-hydroxylation sites is 1. The quantitative estimate of drug-likeness (QED) is 0.765. The van der Waals surface area contributed by atoms with E-state index < -0.39 is 0 Å². The van der Waals surface area contributed by atoms with E-state index in [1.165, 1.54) is 0 Å². The number of anilines is 1. The van der Waals surface area contributed by atoms with E-state index >= 15 is 0 Å². The van der Waals surface area contributed by atoms with Gasteiger partial charge in [-0.1, -0.05) is 42.5 Å². The number of urea groups is 1. The van der Waals surface area contributed by atoms with Crippen LogP contribution >= 0.6 is 0 Å². The minimum atomic E-state index is 0.0596. The second-order valence-corrected chi connectivity index (χ2v) is 7.42. The van der Waals surface area contributed by atoms with Crippen molar-refractivity contribution >= 4 is 22.8 Å². The SMILES string of the molecule is O=C1NCCN1C1CCCN(c2nc(-c3ccccc3)nc3ccccc23)C1. The Hall–Kier alpha value is -3.15. The maximum absolute atomic E-state index is 12.1. The van der Waals surface area contributed by atoms with E-state index in [-0.39, 0.29) is 12.1 Å². The number of fused-ring (bicyclic) bond motifs is 1. The molecular weight excluding hydrogens is 350 g/mol. The number of amides is 2. The summed E-state index contributed by atoms with van der Waals surface area (Å²) in [6.45, 7) is 3.28. The highest BCUT2D eigenvalue weighted by Gasteiger charge is 2.32. The van der Waals surface area contributed by atoms with Gasteiger partial charge >= 0.3 is 6.03 Å². The lowest BCUT2D eigenvalue weighted by atomic mass is 10.0. The van der Waals surface area contributed by atoms with Gasteiger partial charge in [-0.15, -0.1) is 0 Å². The van der Waals surface area contributed by atoms with E-state index in [1.807, 2.05) is 53.4 Å². The Morgan fingerprint density at radius 3 is 2.61 bits per heavy atom. The van der Waals surface area contributed by atoms with E-state index in [0.29, 0.717) is 0 Å². The first-order chi connectivity index (χ1) is 13.8. The van der Waals surface area contributed by atoms with Gasteiger partial charge in [0.05, 0.1) is 11.6 Å². The molecule has 0 saturated carbocycles. The zero-order valence-corrected chi connectivity index (χ0v) is 15.7. The first-order valence-electron chi connectivity index (χ1n) is 9.91. The largest absolute Gasteiger partial charge is 0.354 e. The van der Waals surface area contributed by atoms with Crippen molar-refractivity contribution in [3.05, 3.63) is 54.6 Å². The Morgan fingerprint density at radius 1 is 0.964 bits per heavy atom. The number of carbonyl (C=O) groups excluding carboxylic acids is 1. The van der Waals surface area contributed by atoms with Gasteiger partial charge in [-0.05, 0) is 25.0 Å². The topological polar surface area (TPSA) is 61.4 Å². The minimum Gasteiger partial charge on any atom is -0.354 e. The van der Waals surface area contributed by atoms with Gasteiger partial charge in [0.2, 0.25) is 0 Å². The van der Waals surface area contributed by atoms with Crippen LogP contribution in [0.15, 0.2) is 54.6 Å². The molecule has 2 amide bonds. The van der Waals surface area contributed by atoms with Crippen LogP contribution in [-0.2, 0) is 0 Å². The van der Waals surface area contributed by atoms with Crippen LogP contribution in [0.1, 0.15) is 12.8 Å². The highest BCUT2D eigenvalue weighted by atomic mass is 16.2. The van der Waals surface area contributed by atoms with E-state index in [1.54, 1.807) is 0 Å². The van der Waals surface area contributed by atoms with Gasteiger partial charge in [0, 0.05) is 37.1 Å². The molecule has 1 atom stereocenters. The molecule has 2 aliphatic heterocycles. The van der Waals surface area contributed by atoms with Gasteiger partial charge < -0.3 is 15.1 Å².